The SMILES string of the molecule is CCC(CC)C(=O)/C=C(\O)C(CC)CC.[Ir].[c-]1cc2cnc3ccc4cc3c2cc1c1cc2c(cn1)cnc1ccc(cc12)c1cccc(c1)c1cccc4c1. The van der Waals surface area contributed by atoms with Gasteiger partial charge in [0, 0.05) is 61.2 Å². The number of carbonyl (C=O) groups is 1. The van der Waals surface area contributed by atoms with E-state index in [-0.39, 0.29) is 43.5 Å². The Kier molecular flexibility index (Phi) is 11.5. The van der Waals surface area contributed by atoms with E-state index >= 15 is 0 Å². The average Bonchev–Trinajstić information content (AvgIpc) is 3.23. The minimum atomic E-state index is 0. The van der Waals surface area contributed by atoms with Crippen molar-refractivity contribution in [3.8, 4) is 0 Å². The van der Waals surface area contributed by atoms with Crippen LogP contribution in [0.2, 0.25) is 0 Å². The minimum absolute atomic E-state index is 0. The molecule has 0 aliphatic rings. The third-order valence-electron chi connectivity index (χ3n) is 11.3. The number of carbonyl (C=O) groups excluding carboxylic acids is 1. The molecule has 0 saturated carbocycles. The Labute approximate surface area is 340 Å². The summed E-state index contributed by atoms with van der Waals surface area (Å²) < 4.78 is 0. The maximum absolute atomic E-state index is 11.7. The van der Waals surface area contributed by atoms with Crippen LogP contribution in [0, 0.1) is 17.9 Å². The van der Waals surface area contributed by atoms with Crippen molar-refractivity contribution in [1.29, 1.82) is 0 Å². The maximum atomic E-state index is 11.7. The molecule has 56 heavy (non-hydrogen) atoms. The number of nitrogens with zero attached hydrogens (tertiary/aromatic N) is 3. The molecule has 0 unspecified atom stereocenters. The molecule has 281 valence electrons. The fourth-order valence-corrected chi connectivity index (χ4v) is 7.84. The number of aliphatic hydroxyl groups excluding tert-OH is 1. The zero-order chi connectivity index (χ0) is 38.1. The zero-order valence-corrected chi connectivity index (χ0v) is 34.5. The van der Waals surface area contributed by atoms with Crippen molar-refractivity contribution in [3.63, 3.8) is 0 Å². The Bertz CT molecular complexity index is 2810. The van der Waals surface area contributed by atoms with Crippen molar-refractivity contribution in [2.75, 3.05) is 0 Å². The van der Waals surface area contributed by atoms with Gasteiger partial charge in [0.15, 0.2) is 5.78 Å². The van der Waals surface area contributed by atoms with Crippen molar-refractivity contribution >= 4 is 92.4 Å². The van der Waals surface area contributed by atoms with Gasteiger partial charge in [-0.2, -0.15) is 0 Å². The number of aliphatic hydroxyl groups is 1. The molecule has 3 aromatic heterocycles. The molecule has 0 saturated heterocycles. The predicted molar refractivity (Wildman–Crippen MR) is 231 cm³/mol. The van der Waals surface area contributed by atoms with Crippen molar-refractivity contribution in [1.82, 2.24) is 15.0 Å². The number of hydrogen-bond acceptors (Lipinski definition) is 5. The summed E-state index contributed by atoms with van der Waals surface area (Å²) in [6.45, 7) is 8.07. The zero-order valence-electron chi connectivity index (χ0n) is 32.1. The second-order valence-electron chi connectivity index (χ2n) is 14.5. The van der Waals surface area contributed by atoms with Crippen molar-refractivity contribution in [3.05, 3.63) is 140 Å². The largest absolute Gasteiger partial charge is 0.512 e. The molecule has 0 spiro atoms. The van der Waals surface area contributed by atoms with E-state index in [9.17, 15) is 9.90 Å². The third-order valence-corrected chi connectivity index (χ3v) is 11.3. The predicted octanol–water partition coefficient (Wildman–Crippen LogP) is 13.3. The molecule has 0 atom stereocenters. The van der Waals surface area contributed by atoms with Gasteiger partial charge in [-0.15, -0.1) is 23.6 Å². The summed E-state index contributed by atoms with van der Waals surface area (Å²) in [5.74, 6) is 0.547. The van der Waals surface area contributed by atoms with Gasteiger partial charge in [-0.05, 0) is 117 Å². The van der Waals surface area contributed by atoms with Crippen LogP contribution in [-0.2, 0) is 24.9 Å². The summed E-state index contributed by atoms with van der Waals surface area (Å²) in [6, 6.07) is 40.6. The molecular weight excluding hydrogens is 867 g/mol. The molecule has 0 amide bonds. The van der Waals surface area contributed by atoms with Crippen LogP contribution in [0.15, 0.2) is 134 Å². The second-order valence-corrected chi connectivity index (χ2v) is 14.5. The van der Waals surface area contributed by atoms with Crippen LogP contribution in [0.25, 0.3) is 86.6 Å². The number of fused-ring (bicyclic) bond motifs is 12. The first-order chi connectivity index (χ1) is 26.9. The summed E-state index contributed by atoms with van der Waals surface area (Å²) in [6.07, 6.45) is 10.7. The summed E-state index contributed by atoms with van der Waals surface area (Å²) in [7, 11) is 0. The van der Waals surface area contributed by atoms with Crippen LogP contribution in [-0.4, -0.2) is 25.8 Å². The molecule has 12 bridgehead atoms. The van der Waals surface area contributed by atoms with E-state index in [2.05, 4.69) is 103 Å². The van der Waals surface area contributed by atoms with Crippen LogP contribution >= 0.6 is 0 Å². The number of rotatable bonds is 7. The molecule has 9 rings (SSSR count). The number of allylic oxidation sites excluding steroid dienone is 2. The van der Waals surface area contributed by atoms with Gasteiger partial charge in [-0.3, -0.25) is 14.8 Å². The van der Waals surface area contributed by atoms with Crippen LogP contribution in [0.5, 0.6) is 0 Å². The Morgan fingerprint density at radius 1 is 0.554 bits per heavy atom. The summed E-state index contributed by atoms with van der Waals surface area (Å²) >= 11 is 0. The van der Waals surface area contributed by atoms with Crippen LogP contribution < -0.4 is 0 Å². The first kappa shape index (κ1) is 38.7. The molecule has 0 fully saturated rings. The van der Waals surface area contributed by atoms with E-state index in [1.807, 2.05) is 52.4 Å². The molecule has 9 aromatic rings. The van der Waals surface area contributed by atoms with Crippen LogP contribution in [0.3, 0.4) is 0 Å². The molecule has 5 nitrogen and oxygen atoms in total. The number of hydrogen-bond donors (Lipinski definition) is 1. The summed E-state index contributed by atoms with van der Waals surface area (Å²) in [4.78, 5) is 26.0. The Hall–Kier alpha value is -5.55. The standard InChI is InChI=1S/C37H20N3.C13H24O2.Ir/c1-3-22-13-24(5-1)26-9-11-35-33(15-26)31-17-28(7-8-29(31)19-38-35)37-18-32-30(21-40-37)20-39-36-12-10-27(16-34(32)36)25-6-2-4-23(22)14-25;1-5-10(6-2)12(14)9-13(15)11(7-3)8-4;/h1-6,8-21H;9-11,14H,5-8H2,1-4H3;/q-1;;/b;12-9-;. The Morgan fingerprint density at radius 2 is 1.02 bits per heavy atom. The molecule has 6 aromatic carbocycles. The number of pyridine rings is 3. The molecule has 0 aliphatic heterocycles. The van der Waals surface area contributed by atoms with E-state index in [0.717, 1.165) is 79.9 Å². The van der Waals surface area contributed by atoms with E-state index in [1.165, 1.54) is 38.4 Å². The smallest absolute Gasteiger partial charge is 0.162 e. The maximum Gasteiger partial charge on any atom is 0.162 e. The Morgan fingerprint density at radius 3 is 1.54 bits per heavy atom. The van der Waals surface area contributed by atoms with Gasteiger partial charge < -0.3 is 10.1 Å². The van der Waals surface area contributed by atoms with Gasteiger partial charge in [0.2, 0.25) is 0 Å². The van der Waals surface area contributed by atoms with Crippen LogP contribution in [0.4, 0.5) is 0 Å². The van der Waals surface area contributed by atoms with E-state index in [4.69, 9.17) is 15.0 Å². The molecule has 3 heterocycles. The number of ketones is 1. The normalized spacial score (nSPS) is 11.9. The quantitative estimate of drug-likeness (QED) is 0.0746. The number of benzene rings is 5. The topological polar surface area (TPSA) is 76.0 Å². The third kappa shape index (κ3) is 7.52. The van der Waals surface area contributed by atoms with Gasteiger partial charge in [-0.1, -0.05) is 93.1 Å². The van der Waals surface area contributed by atoms with Crippen molar-refractivity contribution in [2.45, 2.75) is 53.4 Å². The van der Waals surface area contributed by atoms with Gasteiger partial charge in [-0.25, -0.2) is 0 Å². The Balaban J connectivity index is 0.000000259. The fourth-order valence-electron chi connectivity index (χ4n) is 7.84. The van der Waals surface area contributed by atoms with Gasteiger partial charge >= 0.3 is 0 Å². The molecule has 6 heteroatoms. The number of aromatic nitrogens is 3. The minimum Gasteiger partial charge on any atom is -0.512 e. The monoisotopic (exact) mass is 911 g/mol. The van der Waals surface area contributed by atoms with E-state index in [1.54, 1.807) is 0 Å². The first-order valence-corrected chi connectivity index (χ1v) is 19.5. The van der Waals surface area contributed by atoms with Crippen molar-refractivity contribution < 1.29 is 30.0 Å². The van der Waals surface area contributed by atoms with Crippen LogP contribution in [0.1, 0.15) is 53.4 Å². The fraction of sp³-hybridized carbons (Fsp3) is 0.200. The summed E-state index contributed by atoms with van der Waals surface area (Å²) in [5.41, 5.74) is 2.84. The van der Waals surface area contributed by atoms with Gasteiger partial charge in [0.05, 0.1) is 16.8 Å². The summed E-state index contributed by atoms with van der Waals surface area (Å²) in [5, 5.41) is 24.4. The van der Waals surface area contributed by atoms with E-state index in [0.29, 0.717) is 0 Å². The van der Waals surface area contributed by atoms with E-state index < -0.39 is 0 Å². The van der Waals surface area contributed by atoms with Gasteiger partial charge in [0.25, 0.3) is 0 Å². The molecule has 1 N–H and O–H groups in total. The van der Waals surface area contributed by atoms with Gasteiger partial charge in [0.1, 0.15) is 0 Å². The second kappa shape index (κ2) is 16.7. The molecule has 0 aliphatic carbocycles. The first-order valence-electron chi connectivity index (χ1n) is 19.5. The molecular formula is C50H44IrN3O2-. The molecule has 1 radical (unpaired) electrons. The van der Waals surface area contributed by atoms with Crippen molar-refractivity contribution in [2.24, 2.45) is 11.8 Å². The average molecular weight is 911 g/mol.